The van der Waals surface area contributed by atoms with Crippen LogP contribution in [0.1, 0.15) is 16.6 Å². The molecule has 0 bridgehead atoms. The molecule has 5 rings (SSSR count). The highest BCUT2D eigenvalue weighted by Gasteiger charge is 2.43. The first-order chi connectivity index (χ1) is 17.8. The van der Waals surface area contributed by atoms with E-state index in [1.807, 2.05) is 0 Å². The number of aromatic hydroxyl groups is 2. The Morgan fingerprint density at radius 3 is 2.68 bits per heavy atom. The number of aromatic nitrogens is 5. The van der Waals surface area contributed by atoms with Crippen molar-refractivity contribution in [1.29, 1.82) is 0 Å². The second-order valence-corrected chi connectivity index (χ2v) is 8.32. The van der Waals surface area contributed by atoms with Gasteiger partial charge in [0.25, 0.3) is 5.91 Å². The van der Waals surface area contributed by atoms with Gasteiger partial charge in [-0.05, 0) is 35.4 Å². The lowest BCUT2D eigenvalue weighted by Gasteiger charge is -2.16. The number of rotatable bonds is 6. The zero-order chi connectivity index (χ0) is 26.1. The lowest BCUT2D eigenvalue weighted by Crippen LogP contribution is -2.31. The highest BCUT2D eigenvalue weighted by atomic mass is 16.6. The number of ether oxygens (including phenoxy) is 1. The minimum absolute atomic E-state index is 0.0175. The van der Waals surface area contributed by atoms with Crippen LogP contribution in [0.5, 0.6) is 11.5 Å². The quantitative estimate of drug-likeness (QED) is 0.157. The van der Waals surface area contributed by atoms with Crippen molar-refractivity contribution in [1.82, 2.24) is 29.8 Å². The van der Waals surface area contributed by atoms with Gasteiger partial charge in [0.05, 0.1) is 11.9 Å². The van der Waals surface area contributed by atoms with E-state index >= 15 is 0 Å². The Morgan fingerprint density at radius 1 is 1.11 bits per heavy atom. The van der Waals surface area contributed by atoms with Crippen LogP contribution >= 0.6 is 0 Å². The fourth-order valence-electron chi connectivity index (χ4n) is 4.08. The van der Waals surface area contributed by atoms with E-state index in [0.717, 1.165) is 0 Å². The lowest BCUT2D eigenvalue weighted by atomic mass is 10.0. The molecule has 13 nitrogen and oxygen atoms in total. The van der Waals surface area contributed by atoms with Crippen LogP contribution in [0.25, 0.3) is 22.3 Å². The van der Waals surface area contributed by atoms with Crippen LogP contribution in [0.4, 0.5) is 5.82 Å². The fraction of sp³-hybridized carbons (Fsp3) is 0.208. The van der Waals surface area contributed by atoms with Crippen molar-refractivity contribution in [3.05, 3.63) is 67.0 Å². The molecule has 4 atom stereocenters. The summed E-state index contributed by atoms with van der Waals surface area (Å²) in [6.45, 7) is 0.0175. The smallest absolute Gasteiger partial charge is 0.255 e. The van der Waals surface area contributed by atoms with Crippen molar-refractivity contribution >= 4 is 22.9 Å². The number of aliphatic hydroxyl groups is 2. The van der Waals surface area contributed by atoms with Gasteiger partial charge < -0.3 is 36.2 Å². The van der Waals surface area contributed by atoms with Crippen LogP contribution in [0.15, 0.2) is 61.5 Å². The van der Waals surface area contributed by atoms with Crippen molar-refractivity contribution in [2.24, 2.45) is 0 Å². The molecule has 190 valence electrons. The van der Waals surface area contributed by atoms with Gasteiger partial charge in [-0.2, -0.15) is 0 Å². The number of imidazole rings is 1. The summed E-state index contributed by atoms with van der Waals surface area (Å²) >= 11 is 0. The summed E-state index contributed by atoms with van der Waals surface area (Å²) in [5, 5.41) is 43.9. The van der Waals surface area contributed by atoms with Crippen LogP contribution < -0.4 is 11.1 Å². The summed E-state index contributed by atoms with van der Waals surface area (Å²) in [5.41, 5.74) is 7.62. The minimum atomic E-state index is -1.28. The predicted molar refractivity (Wildman–Crippen MR) is 130 cm³/mol. The van der Waals surface area contributed by atoms with Crippen molar-refractivity contribution in [3.8, 4) is 22.6 Å². The topological polar surface area (TPSA) is 202 Å². The highest BCUT2D eigenvalue weighted by molar-refractivity contribution is 5.99. The summed E-state index contributed by atoms with van der Waals surface area (Å²) in [6.07, 6.45) is 4.43. The van der Waals surface area contributed by atoms with Gasteiger partial charge in [0, 0.05) is 18.9 Å². The molecule has 7 N–H and O–H groups in total. The molecule has 0 spiro atoms. The highest BCUT2D eigenvalue weighted by Crippen LogP contribution is 2.35. The summed E-state index contributed by atoms with van der Waals surface area (Å²) in [5.74, 6) is -1.43. The van der Waals surface area contributed by atoms with E-state index in [9.17, 15) is 25.2 Å². The first-order valence-electron chi connectivity index (χ1n) is 11.2. The Bertz CT molecular complexity index is 1480. The number of carbonyl (C=O) groups excluding carboxylic acids is 1. The predicted octanol–water partition coefficient (Wildman–Crippen LogP) is 0.487. The fourth-order valence-corrected chi connectivity index (χ4v) is 4.08. The molecule has 3 aromatic heterocycles. The molecule has 1 fully saturated rings. The van der Waals surface area contributed by atoms with E-state index in [-0.39, 0.29) is 17.9 Å². The number of carbonyl (C=O) groups is 1. The summed E-state index contributed by atoms with van der Waals surface area (Å²) < 4.78 is 7.27. The molecular weight excluding hydrogens is 482 g/mol. The summed E-state index contributed by atoms with van der Waals surface area (Å²) in [6, 6.07) is 6.23. The number of hydrogen-bond donors (Lipinski definition) is 6. The Hall–Kier alpha value is -4.59. The minimum Gasteiger partial charge on any atom is -0.504 e. The molecular formula is C24H23N7O6. The Morgan fingerprint density at radius 2 is 1.89 bits per heavy atom. The van der Waals surface area contributed by atoms with Crippen molar-refractivity contribution in [2.75, 3.05) is 12.3 Å². The number of phenols is 2. The zero-order valence-electron chi connectivity index (χ0n) is 19.2. The maximum Gasteiger partial charge on any atom is 0.255 e. The normalized spacial score (nSPS) is 21.6. The van der Waals surface area contributed by atoms with Crippen LogP contribution in [-0.4, -0.2) is 75.7 Å². The zero-order valence-corrected chi connectivity index (χ0v) is 19.2. The third-order valence-corrected chi connectivity index (χ3v) is 5.99. The average Bonchev–Trinajstić information content (AvgIpc) is 3.45. The standard InChI is InChI=1S/C24H23N7O6/c25-21-17-22(29-10-28-21)31(11-30-17)24-20(35)19(34)16(37-24)2-1-5-27-23(36)14-8-13(9-15(32)18(14)33)12-3-6-26-7-4-12/h1-4,6-11,16,19-20,24,32-35H,5H2,(H,27,36)(H2,25,28,29). The average molecular weight is 505 g/mol. The molecule has 1 aliphatic heterocycles. The summed E-state index contributed by atoms with van der Waals surface area (Å²) in [7, 11) is 0. The molecule has 4 heterocycles. The monoisotopic (exact) mass is 505 g/mol. The van der Waals surface area contributed by atoms with Crippen molar-refractivity contribution in [2.45, 2.75) is 24.5 Å². The molecule has 1 aromatic carbocycles. The number of aliphatic hydroxyl groups excluding tert-OH is 2. The van der Waals surface area contributed by atoms with Gasteiger partial charge in [-0.3, -0.25) is 14.3 Å². The summed E-state index contributed by atoms with van der Waals surface area (Å²) in [4.78, 5) is 28.8. The molecule has 4 aromatic rings. The van der Waals surface area contributed by atoms with Crippen molar-refractivity contribution in [3.63, 3.8) is 0 Å². The van der Waals surface area contributed by atoms with Crippen LogP contribution in [0.3, 0.4) is 0 Å². The maximum absolute atomic E-state index is 12.7. The van der Waals surface area contributed by atoms with E-state index in [4.69, 9.17) is 10.5 Å². The van der Waals surface area contributed by atoms with Gasteiger partial charge in [0.2, 0.25) is 0 Å². The lowest BCUT2D eigenvalue weighted by molar-refractivity contribution is -0.0245. The van der Waals surface area contributed by atoms with Gasteiger partial charge >= 0.3 is 0 Å². The molecule has 0 saturated carbocycles. The second kappa shape index (κ2) is 9.81. The van der Waals surface area contributed by atoms with Crippen LogP contribution in [0, 0.1) is 0 Å². The number of nitrogen functional groups attached to an aromatic ring is 1. The molecule has 1 amide bonds. The number of nitrogens with one attached hydrogen (secondary N) is 1. The first kappa shape index (κ1) is 24.1. The third kappa shape index (κ3) is 4.53. The Kier molecular flexibility index (Phi) is 6.40. The van der Waals surface area contributed by atoms with Gasteiger partial charge in [-0.25, -0.2) is 15.0 Å². The number of fused-ring (bicyclic) bond motifs is 1. The molecule has 13 heteroatoms. The van der Waals surface area contributed by atoms with Gasteiger partial charge in [0.1, 0.15) is 30.2 Å². The van der Waals surface area contributed by atoms with E-state index in [0.29, 0.717) is 22.3 Å². The molecule has 0 radical (unpaired) electrons. The number of hydrogen-bond acceptors (Lipinski definition) is 11. The molecule has 1 aliphatic rings. The number of anilines is 1. The Labute approximate surface area is 209 Å². The number of nitrogens with zero attached hydrogens (tertiary/aromatic N) is 5. The van der Waals surface area contributed by atoms with Crippen molar-refractivity contribution < 1.29 is 30.0 Å². The molecule has 4 unspecified atom stereocenters. The third-order valence-electron chi connectivity index (χ3n) is 5.99. The molecule has 37 heavy (non-hydrogen) atoms. The van der Waals surface area contributed by atoms with E-state index in [1.54, 1.807) is 24.5 Å². The number of phenolic OH excluding ortho intramolecular Hbond substituents is 2. The SMILES string of the molecule is Nc1ncnc2c1ncn2C1OC(C=CCNC(=O)c2cc(-c3ccncc3)cc(O)c2O)C(O)C1O. The maximum atomic E-state index is 12.7. The van der Waals surface area contributed by atoms with E-state index < -0.39 is 41.9 Å². The molecule has 1 saturated heterocycles. The Balaban J connectivity index is 1.25. The van der Waals surface area contributed by atoms with Gasteiger partial charge in [0.15, 0.2) is 29.2 Å². The van der Waals surface area contributed by atoms with Crippen LogP contribution in [0.2, 0.25) is 0 Å². The number of benzene rings is 1. The largest absolute Gasteiger partial charge is 0.504 e. The van der Waals surface area contributed by atoms with Crippen LogP contribution in [-0.2, 0) is 4.74 Å². The molecule has 0 aliphatic carbocycles. The van der Waals surface area contributed by atoms with Gasteiger partial charge in [-0.15, -0.1) is 0 Å². The van der Waals surface area contributed by atoms with E-state index in [2.05, 4.69) is 25.3 Å². The van der Waals surface area contributed by atoms with Gasteiger partial charge in [-0.1, -0.05) is 12.2 Å². The van der Waals surface area contributed by atoms with E-state index in [1.165, 1.54) is 41.5 Å². The first-order valence-corrected chi connectivity index (χ1v) is 11.2. The number of pyridine rings is 1. The number of nitrogens with two attached hydrogens (primary N) is 1. The second-order valence-electron chi connectivity index (χ2n) is 8.32. The number of amides is 1.